The van der Waals surface area contributed by atoms with Crippen molar-refractivity contribution in [3.05, 3.63) is 35.4 Å². The molecule has 0 aliphatic carbocycles. The van der Waals surface area contributed by atoms with Gasteiger partial charge in [-0.15, -0.1) is 0 Å². The number of nitrogens with zero attached hydrogens (tertiary/aromatic N) is 1. The number of nitrogens with one attached hydrogen (secondary N) is 1. The molecule has 0 saturated carbocycles. The molecule has 4 nitrogen and oxygen atoms in total. The maximum absolute atomic E-state index is 11.9. The molecule has 3 rings (SSSR count). The van der Waals surface area contributed by atoms with Gasteiger partial charge in [0.15, 0.2) is 0 Å². The molecular formula is C20H30N2O2. The lowest BCUT2D eigenvalue weighted by Crippen LogP contribution is -2.43. The van der Waals surface area contributed by atoms with Crippen LogP contribution >= 0.6 is 0 Å². The topological polar surface area (TPSA) is 41.6 Å². The van der Waals surface area contributed by atoms with Gasteiger partial charge in [0, 0.05) is 32.1 Å². The van der Waals surface area contributed by atoms with Crippen molar-refractivity contribution in [3.8, 4) is 0 Å². The Morgan fingerprint density at radius 2 is 1.92 bits per heavy atom. The first-order valence-electron chi connectivity index (χ1n) is 9.05. The van der Waals surface area contributed by atoms with Crippen LogP contribution in [0.15, 0.2) is 24.3 Å². The molecule has 1 atom stereocenters. The van der Waals surface area contributed by atoms with Crippen LogP contribution < -0.4 is 5.32 Å². The fraction of sp³-hybridized carbons (Fsp3) is 0.650. The quantitative estimate of drug-likeness (QED) is 0.901. The van der Waals surface area contributed by atoms with Gasteiger partial charge in [-0.05, 0) is 51.7 Å². The molecule has 0 radical (unpaired) electrons. The molecule has 24 heavy (non-hydrogen) atoms. The van der Waals surface area contributed by atoms with E-state index in [0.29, 0.717) is 12.5 Å². The summed E-state index contributed by atoms with van der Waals surface area (Å²) < 4.78 is 6.17. The van der Waals surface area contributed by atoms with Crippen LogP contribution in [-0.4, -0.2) is 34.6 Å². The molecule has 1 aromatic carbocycles. The van der Waals surface area contributed by atoms with Gasteiger partial charge in [0.25, 0.3) is 0 Å². The maximum Gasteiger partial charge on any atom is 0.222 e. The Morgan fingerprint density at radius 1 is 1.21 bits per heavy atom. The summed E-state index contributed by atoms with van der Waals surface area (Å²) >= 11 is 0. The van der Waals surface area contributed by atoms with Crippen LogP contribution in [0.1, 0.15) is 58.1 Å². The largest absolute Gasteiger partial charge is 0.368 e. The Morgan fingerprint density at radius 3 is 2.50 bits per heavy atom. The average Bonchev–Trinajstić information content (AvgIpc) is 2.97. The molecule has 1 aromatic rings. The monoisotopic (exact) mass is 330 g/mol. The van der Waals surface area contributed by atoms with E-state index < -0.39 is 0 Å². The number of ether oxygens (including phenoxy) is 1. The van der Waals surface area contributed by atoms with Gasteiger partial charge in [0.05, 0.1) is 11.2 Å². The molecule has 1 N–H and O–H groups in total. The minimum atomic E-state index is -0.163. The number of hydrogen-bond acceptors (Lipinski definition) is 3. The predicted octanol–water partition coefficient (Wildman–Crippen LogP) is 3.24. The molecule has 0 bridgehead atoms. The summed E-state index contributed by atoms with van der Waals surface area (Å²) in [6.45, 7) is 11.1. The molecule has 2 saturated heterocycles. The molecule has 132 valence electrons. The first-order valence-corrected chi connectivity index (χ1v) is 9.05. The Bertz CT molecular complexity index is 609. The van der Waals surface area contributed by atoms with Gasteiger partial charge in [0.1, 0.15) is 0 Å². The molecule has 4 heteroatoms. The summed E-state index contributed by atoms with van der Waals surface area (Å²) in [7, 11) is 0. The molecule has 2 fully saturated rings. The van der Waals surface area contributed by atoms with Crippen LogP contribution in [0.3, 0.4) is 0 Å². The normalized spacial score (nSPS) is 25.4. The molecule has 2 aliphatic heterocycles. The fourth-order valence-corrected chi connectivity index (χ4v) is 4.07. The first kappa shape index (κ1) is 17.4. The van der Waals surface area contributed by atoms with E-state index in [-0.39, 0.29) is 17.1 Å². The number of carbonyl (C=O) groups is 1. The highest BCUT2D eigenvalue weighted by molar-refractivity contribution is 5.78. The average molecular weight is 330 g/mol. The number of likely N-dealkylation sites (tertiary alicyclic amines) is 1. The summed E-state index contributed by atoms with van der Waals surface area (Å²) in [4.78, 5) is 13.9. The van der Waals surface area contributed by atoms with Crippen molar-refractivity contribution in [3.63, 3.8) is 0 Å². The van der Waals surface area contributed by atoms with Gasteiger partial charge in [-0.25, -0.2) is 0 Å². The smallest absolute Gasteiger partial charge is 0.222 e. The summed E-state index contributed by atoms with van der Waals surface area (Å²) in [5.74, 6) is 0.282. The van der Waals surface area contributed by atoms with E-state index in [2.05, 4.69) is 57.3 Å². The van der Waals surface area contributed by atoms with E-state index in [9.17, 15) is 4.79 Å². The van der Waals surface area contributed by atoms with Crippen molar-refractivity contribution in [1.29, 1.82) is 0 Å². The van der Waals surface area contributed by atoms with Gasteiger partial charge in [-0.3, -0.25) is 4.79 Å². The summed E-state index contributed by atoms with van der Waals surface area (Å²) in [6.07, 6.45) is 2.69. The summed E-state index contributed by atoms with van der Waals surface area (Å²) in [5.41, 5.74) is 2.28. The van der Waals surface area contributed by atoms with Crippen LogP contribution in [0.25, 0.3) is 0 Å². The second kappa shape index (κ2) is 6.49. The zero-order valence-corrected chi connectivity index (χ0v) is 15.4. The van der Waals surface area contributed by atoms with Crippen molar-refractivity contribution >= 4 is 5.91 Å². The van der Waals surface area contributed by atoms with E-state index >= 15 is 0 Å². The Balaban J connectivity index is 1.66. The number of hydrogen-bond donors (Lipinski definition) is 1. The van der Waals surface area contributed by atoms with Crippen molar-refractivity contribution < 1.29 is 9.53 Å². The van der Waals surface area contributed by atoms with Gasteiger partial charge < -0.3 is 15.0 Å². The molecule has 2 aliphatic rings. The second-order valence-corrected chi connectivity index (χ2v) is 8.29. The molecule has 1 amide bonds. The molecule has 0 aromatic heterocycles. The lowest BCUT2D eigenvalue weighted by molar-refractivity contribution is -0.128. The number of rotatable bonds is 5. The minimum absolute atomic E-state index is 0.0807. The van der Waals surface area contributed by atoms with Crippen molar-refractivity contribution in [2.45, 2.75) is 77.3 Å². The molecule has 1 unspecified atom stereocenters. The van der Waals surface area contributed by atoms with Gasteiger partial charge in [-0.1, -0.05) is 24.3 Å². The maximum atomic E-state index is 11.9. The zero-order valence-electron chi connectivity index (χ0n) is 15.4. The molecule has 0 spiro atoms. The Hall–Kier alpha value is -1.39. The summed E-state index contributed by atoms with van der Waals surface area (Å²) in [5, 5.41) is 3.69. The predicted molar refractivity (Wildman–Crippen MR) is 95.6 cm³/mol. The van der Waals surface area contributed by atoms with E-state index in [1.165, 1.54) is 11.1 Å². The Labute approximate surface area is 145 Å². The fourth-order valence-electron chi connectivity index (χ4n) is 4.07. The van der Waals surface area contributed by atoms with Crippen LogP contribution in [-0.2, 0) is 22.6 Å². The highest BCUT2D eigenvalue weighted by Crippen LogP contribution is 2.37. The lowest BCUT2D eigenvalue weighted by atomic mass is 9.94. The zero-order chi connectivity index (χ0) is 17.4. The third-order valence-corrected chi connectivity index (χ3v) is 5.26. The van der Waals surface area contributed by atoms with Gasteiger partial charge in [0.2, 0.25) is 5.91 Å². The lowest BCUT2D eigenvalue weighted by Gasteiger charge is -2.28. The third-order valence-electron chi connectivity index (χ3n) is 5.26. The van der Waals surface area contributed by atoms with Crippen LogP contribution in [0, 0.1) is 0 Å². The van der Waals surface area contributed by atoms with Crippen molar-refractivity contribution in [1.82, 2.24) is 10.2 Å². The molecular weight excluding hydrogens is 300 g/mol. The SMILES string of the molecule is CC1(C)CC(NCc2ccccc2CN2CCCC2=O)C(C)(C)O1. The standard InChI is InChI=1S/C20H30N2O2/c1-19(2)12-17(20(3,4)24-19)21-13-15-8-5-6-9-16(15)14-22-11-7-10-18(22)23/h5-6,8-9,17,21H,7,10-14H2,1-4H3. The minimum Gasteiger partial charge on any atom is -0.368 e. The van der Waals surface area contributed by atoms with E-state index in [4.69, 9.17) is 4.74 Å². The first-order chi connectivity index (χ1) is 11.3. The van der Waals surface area contributed by atoms with Gasteiger partial charge in [-0.2, -0.15) is 0 Å². The van der Waals surface area contributed by atoms with Crippen LogP contribution in [0.5, 0.6) is 0 Å². The second-order valence-electron chi connectivity index (χ2n) is 8.29. The van der Waals surface area contributed by atoms with Crippen molar-refractivity contribution in [2.75, 3.05) is 6.54 Å². The summed E-state index contributed by atoms with van der Waals surface area (Å²) in [6, 6.07) is 8.77. The van der Waals surface area contributed by atoms with Gasteiger partial charge >= 0.3 is 0 Å². The molecule has 2 heterocycles. The third kappa shape index (κ3) is 3.81. The van der Waals surface area contributed by atoms with E-state index in [1.807, 2.05) is 4.90 Å². The van der Waals surface area contributed by atoms with E-state index in [1.54, 1.807) is 0 Å². The van der Waals surface area contributed by atoms with Crippen LogP contribution in [0.4, 0.5) is 0 Å². The number of carbonyl (C=O) groups excluding carboxylic acids is 1. The van der Waals surface area contributed by atoms with E-state index in [0.717, 1.165) is 32.5 Å². The van der Waals surface area contributed by atoms with Crippen molar-refractivity contribution in [2.24, 2.45) is 0 Å². The highest BCUT2D eigenvalue weighted by atomic mass is 16.5. The number of benzene rings is 1. The van der Waals surface area contributed by atoms with Crippen LogP contribution in [0.2, 0.25) is 0 Å². The highest BCUT2D eigenvalue weighted by Gasteiger charge is 2.45. The Kier molecular flexibility index (Phi) is 4.71. The number of amides is 1.